The van der Waals surface area contributed by atoms with E-state index in [4.69, 9.17) is 18.9 Å². The first-order valence-corrected chi connectivity index (χ1v) is 7.09. The monoisotopic (exact) mass is 308 g/mol. The highest BCUT2D eigenvalue weighted by atomic mass is 16.7. The lowest BCUT2D eigenvalue weighted by molar-refractivity contribution is -0.246. The second kappa shape index (κ2) is 6.25. The molecule has 1 aliphatic heterocycles. The van der Waals surface area contributed by atoms with E-state index in [1.807, 2.05) is 0 Å². The van der Waals surface area contributed by atoms with E-state index in [1.165, 1.54) is 7.11 Å². The van der Waals surface area contributed by atoms with Crippen molar-refractivity contribution >= 4 is 11.9 Å². The van der Waals surface area contributed by atoms with E-state index in [0.29, 0.717) is 17.9 Å². The van der Waals surface area contributed by atoms with Crippen molar-refractivity contribution in [3.63, 3.8) is 0 Å². The fourth-order valence-electron chi connectivity index (χ4n) is 2.24. The molecule has 1 saturated heterocycles. The van der Waals surface area contributed by atoms with Crippen LogP contribution < -0.4 is 9.47 Å². The SMILES string of the molecule is CCC1(C)OC(=O)C(Cc2ccc(OC)c(OC)c2)C(=O)O1. The minimum atomic E-state index is -1.16. The molecule has 22 heavy (non-hydrogen) atoms. The highest BCUT2D eigenvalue weighted by molar-refractivity contribution is 5.97. The zero-order chi connectivity index (χ0) is 16.3. The molecule has 2 rings (SSSR count). The molecule has 120 valence electrons. The van der Waals surface area contributed by atoms with E-state index >= 15 is 0 Å². The summed E-state index contributed by atoms with van der Waals surface area (Å²) in [6.07, 6.45) is 0.603. The summed E-state index contributed by atoms with van der Waals surface area (Å²) in [6, 6.07) is 5.23. The van der Waals surface area contributed by atoms with Gasteiger partial charge in [0.05, 0.1) is 14.2 Å². The van der Waals surface area contributed by atoms with Crippen LogP contribution in [0.25, 0.3) is 0 Å². The third-order valence-corrected chi connectivity index (χ3v) is 3.73. The number of carbonyl (C=O) groups excluding carboxylic acids is 2. The van der Waals surface area contributed by atoms with Crippen LogP contribution in [-0.2, 0) is 25.5 Å². The van der Waals surface area contributed by atoms with Gasteiger partial charge in [0.25, 0.3) is 5.79 Å². The maximum atomic E-state index is 12.1. The third-order valence-electron chi connectivity index (χ3n) is 3.73. The molecule has 0 N–H and O–H groups in total. The summed E-state index contributed by atoms with van der Waals surface area (Å²) in [5.41, 5.74) is 0.761. The van der Waals surface area contributed by atoms with Gasteiger partial charge in [0.15, 0.2) is 17.4 Å². The van der Waals surface area contributed by atoms with Gasteiger partial charge >= 0.3 is 11.9 Å². The van der Waals surface area contributed by atoms with Crippen LogP contribution in [0.15, 0.2) is 18.2 Å². The molecule has 0 aromatic heterocycles. The first-order chi connectivity index (χ1) is 10.4. The molecule has 0 radical (unpaired) electrons. The average Bonchev–Trinajstić information content (AvgIpc) is 2.50. The minimum Gasteiger partial charge on any atom is -0.493 e. The van der Waals surface area contributed by atoms with Gasteiger partial charge in [-0.3, -0.25) is 9.59 Å². The quantitative estimate of drug-likeness (QED) is 0.613. The zero-order valence-corrected chi connectivity index (χ0v) is 13.2. The average molecular weight is 308 g/mol. The van der Waals surface area contributed by atoms with Gasteiger partial charge in [0, 0.05) is 13.3 Å². The molecular weight excluding hydrogens is 288 g/mol. The van der Waals surface area contributed by atoms with Crippen molar-refractivity contribution < 1.29 is 28.5 Å². The van der Waals surface area contributed by atoms with E-state index in [-0.39, 0.29) is 6.42 Å². The Hall–Kier alpha value is -2.24. The Balaban J connectivity index is 2.17. The van der Waals surface area contributed by atoms with Gasteiger partial charge in [0.2, 0.25) is 0 Å². The van der Waals surface area contributed by atoms with Crippen LogP contribution in [0.3, 0.4) is 0 Å². The van der Waals surface area contributed by atoms with Crippen LogP contribution in [0, 0.1) is 5.92 Å². The molecule has 1 heterocycles. The Morgan fingerprint density at radius 1 is 1.09 bits per heavy atom. The molecule has 0 bridgehead atoms. The second-order valence-electron chi connectivity index (χ2n) is 5.28. The second-order valence-corrected chi connectivity index (χ2v) is 5.28. The molecule has 1 aliphatic rings. The standard InChI is InChI=1S/C16H20O6/c1-5-16(2)21-14(17)11(15(18)22-16)8-10-6-7-12(19-3)13(9-10)20-4/h6-7,9,11H,5,8H2,1-4H3. The third kappa shape index (κ3) is 3.16. The molecule has 0 amide bonds. The molecule has 0 aliphatic carbocycles. The summed E-state index contributed by atoms with van der Waals surface area (Å²) in [4.78, 5) is 24.2. The number of hydrogen-bond acceptors (Lipinski definition) is 6. The van der Waals surface area contributed by atoms with Crippen molar-refractivity contribution in [1.82, 2.24) is 0 Å². The van der Waals surface area contributed by atoms with E-state index < -0.39 is 23.6 Å². The van der Waals surface area contributed by atoms with Crippen molar-refractivity contribution in [3.8, 4) is 11.5 Å². The van der Waals surface area contributed by atoms with Crippen LogP contribution in [0.5, 0.6) is 11.5 Å². The van der Waals surface area contributed by atoms with Crippen molar-refractivity contribution in [2.24, 2.45) is 5.92 Å². The van der Waals surface area contributed by atoms with Crippen molar-refractivity contribution in [2.45, 2.75) is 32.5 Å². The molecule has 0 spiro atoms. The molecule has 6 heteroatoms. The van der Waals surface area contributed by atoms with Crippen LogP contribution in [0.1, 0.15) is 25.8 Å². The molecular formula is C16H20O6. The largest absolute Gasteiger partial charge is 0.493 e. The minimum absolute atomic E-state index is 0.192. The van der Waals surface area contributed by atoms with Crippen LogP contribution in [-0.4, -0.2) is 31.9 Å². The summed E-state index contributed by atoms with van der Waals surface area (Å²) < 4.78 is 20.9. The molecule has 1 fully saturated rings. The summed E-state index contributed by atoms with van der Waals surface area (Å²) >= 11 is 0. The van der Waals surface area contributed by atoms with Crippen molar-refractivity contribution in [3.05, 3.63) is 23.8 Å². The fourth-order valence-corrected chi connectivity index (χ4v) is 2.24. The van der Waals surface area contributed by atoms with E-state index in [1.54, 1.807) is 39.2 Å². The molecule has 0 atom stereocenters. The maximum Gasteiger partial charge on any atom is 0.323 e. The smallest absolute Gasteiger partial charge is 0.323 e. The molecule has 1 aromatic carbocycles. The summed E-state index contributed by atoms with van der Waals surface area (Å²) in [5.74, 6) is -2.12. The predicted octanol–water partition coefficient (Wildman–Crippen LogP) is 2.09. The Labute approximate surface area is 129 Å². The van der Waals surface area contributed by atoms with E-state index in [2.05, 4.69) is 0 Å². The molecule has 0 unspecified atom stereocenters. The van der Waals surface area contributed by atoms with Crippen LogP contribution in [0.4, 0.5) is 0 Å². The lowest BCUT2D eigenvalue weighted by Gasteiger charge is -2.35. The van der Waals surface area contributed by atoms with Gasteiger partial charge in [-0.1, -0.05) is 13.0 Å². The Morgan fingerprint density at radius 2 is 1.68 bits per heavy atom. The van der Waals surface area contributed by atoms with Gasteiger partial charge in [-0.2, -0.15) is 0 Å². The van der Waals surface area contributed by atoms with Gasteiger partial charge in [-0.05, 0) is 24.1 Å². The summed E-state index contributed by atoms with van der Waals surface area (Å²) in [7, 11) is 3.07. The maximum absolute atomic E-state index is 12.1. The van der Waals surface area contributed by atoms with Gasteiger partial charge in [-0.25, -0.2) is 0 Å². The first kappa shape index (κ1) is 16.1. The topological polar surface area (TPSA) is 71.1 Å². The Kier molecular flexibility index (Phi) is 4.59. The summed E-state index contributed by atoms with van der Waals surface area (Å²) in [6.45, 7) is 3.37. The molecule has 1 aromatic rings. The van der Waals surface area contributed by atoms with Crippen LogP contribution in [0.2, 0.25) is 0 Å². The van der Waals surface area contributed by atoms with E-state index in [9.17, 15) is 9.59 Å². The van der Waals surface area contributed by atoms with Crippen molar-refractivity contribution in [2.75, 3.05) is 14.2 Å². The number of hydrogen-bond donors (Lipinski definition) is 0. The number of carbonyl (C=O) groups is 2. The molecule has 0 saturated carbocycles. The highest BCUT2D eigenvalue weighted by Crippen LogP contribution is 2.31. The zero-order valence-electron chi connectivity index (χ0n) is 13.2. The molecule has 6 nitrogen and oxygen atoms in total. The Bertz CT molecular complexity index is 562. The van der Waals surface area contributed by atoms with Crippen molar-refractivity contribution in [1.29, 1.82) is 0 Å². The highest BCUT2D eigenvalue weighted by Gasteiger charge is 2.44. The van der Waals surface area contributed by atoms with E-state index in [0.717, 1.165) is 5.56 Å². The van der Waals surface area contributed by atoms with Gasteiger partial charge in [-0.15, -0.1) is 0 Å². The number of rotatable bonds is 5. The van der Waals surface area contributed by atoms with Gasteiger partial charge in [0.1, 0.15) is 0 Å². The number of cyclic esters (lactones) is 2. The van der Waals surface area contributed by atoms with Gasteiger partial charge < -0.3 is 18.9 Å². The number of methoxy groups -OCH3 is 2. The normalized spacial score (nSPS) is 24.5. The lowest BCUT2D eigenvalue weighted by Crippen LogP contribution is -2.48. The number of benzene rings is 1. The Morgan fingerprint density at radius 3 is 2.18 bits per heavy atom. The first-order valence-electron chi connectivity index (χ1n) is 7.09. The predicted molar refractivity (Wildman–Crippen MR) is 77.6 cm³/mol. The number of ether oxygens (including phenoxy) is 4. The number of esters is 2. The summed E-state index contributed by atoms with van der Waals surface area (Å²) in [5, 5.41) is 0. The lowest BCUT2D eigenvalue weighted by atomic mass is 9.97. The fraction of sp³-hybridized carbons (Fsp3) is 0.500. The van der Waals surface area contributed by atoms with Crippen LogP contribution >= 0.6 is 0 Å².